The molecule has 0 aliphatic carbocycles. The van der Waals surface area contributed by atoms with Gasteiger partial charge in [-0.2, -0.15) is 0 Å². The van der Waals surface area contributed by atoms with Crippen LogP contribution < -0.4 is 18.9 Å². The summed E-state index contributed by atoms with van der Waals surface area (Å²) < 4.78 is 8.39. The van der Waals surface area contributed by atoms with Crippen molar-refractivity contribution in [3.05, 3.63) is 73.3 Å². The first kappa shape index (κ1) is 34.9. The summed E-state index contributed by atoms with van der Waals surface area (Å²) in [4.78, 5) is 4.56. The number of aryl methyl sites for hydroxylation is 4. The second kappa shape index (κ2) is 16.9. The molecule has 4 aromatic rings. The van der Waals surface area contributed by atoms with Crippen molar-refractivity contribution in [2.45, 2.75) is 75.1 Å². The van der Waals surface area contributed by atoms with Gasteiger partial charge in [0.2, 0.25) is 0 Å². The van der Waals surface area contributed by atoms with Gasteiger partial charge in [0.25, 0.3) is 0 Å². The minimum absolute atomic E-state index is 0. The molecule has 10 nitrogen and oxygen atoms in total. The molecule has 0 saturated carbocycles. The van der Waals surface area contributed by atoms with Gasteiger partial charge in [-0.3, -0.25) is 0 Å². The number of anilines is 2. The minimum Gasteiger partial charge on any atom is -0.375 e. The number of hydrogen-bond acceptors (Lipinski definition) is 6. The van der Waals surface area contributed by atoms with Gasteiger partial charge in [-0.15, -0.1) is 0 Å². The summed E-state index contributed by atoms with van der Waals surface area (Å²) in [5.41, 5.74) is 4.03. The fourth-order valence-corrected chi connectivity index (χ4v) is 4.69. The molecule has 0 radical (unpaired) electrons. The van der Waals surface area contributed by atoms with Crippen LogP contribution in [0.5, 0.6) is 0 Å². The molecule has 0 unspecified atom stereocenters. The van der Waals surface area contributed by atoms with Gasteiger partial charge in [0.15, 0.2) is 0 Å². The Balaban J connectivity index is 0.00000323. The molecule has 0 aliphatic heterocycles. The molecule has 0 atom stereocenters. The molecule has 0 N–H and O–H groups in total. The van der Waals surface area contributed by atoms with Gasteiger partial charge in [0.1, 0.15) is 11.4 Å². The minimum atomic E-state index is 0. The highest BCUT2D eigenvalue weighted by molar-refractivity contribution is 5.53. The monoisotopic (exact) mass is 588 g/mol. The molecule has 0 saturated heterocycles. The van der Waals surface area contributed by atoms with Crippen LogP contribution in [0.1, 0.15) is 49.0 Å². The van der Waals surface area contributed by atoms with Crippen molar-refractivity contribution in [1.29, 1.82) is 0 Å². The predicted molar refractivity (Wildman–Crippen MR) is 178 cm³/mol. The molecule has 2 aromatic carbocycles. The molecule has 0 aliphatic rings. The first-order valence-corrected chi connectivity index (χ1v) is 14.6. The number of nitrogens with zero attached hydrogens (tertiary/aromatic N) is 10. The molecule has 10 heteroatoms. The number of rotatable bonds is 14. The van der Waals surface area contributed by atoms with Crippen molar-refractivity contribution < 1.29 is 9.13 Å². The third-order valence-electron chi connectivity index (χ3n) is 7.32. The molecule has 4 rings (SSSR count). The molecule has 0 spiro atoms. The third-order valence-corrected chi connectivity index (χ3v) is 7.32. The van der Waals surface area contributed by atoms with Crippen molar-refractivity contribution in [3.63, 3.8) is 0 Å². The maximum absolute atomic E-state index is 4.51. The number of benzene rings is 2. The van der Waals surface area contributed by atoms with E-state index in [1.54, 1.807) is 0 Å². The topological polar surface area (TPSA) is 73.5 Å². The molecular weight excluding hydrogens is 536 g/mol. The summed E-state index contributed by atoms with van der Waals surface area (Å²) >= 11 is 0. The zero-order valence-corrected chi connectivity index (χ0v) is 25.4. The third kappa shape index (κ3) is 8.83. The van der Waals surface area contributed by atoms with E-state index in [1.807, 2.05) is 49.1 Å². The molecule has 2 aromatic heterocycles. The molecule has 0 bridgehead atoms. The molecular formula is C33H52N10+2. The Morgan fingerprint density at radius 1 is 0.581 bits per heavy atom. The molecule has 0 fully saturated rings. The van der Waals surface area contributed by atoms with E-state index >= 15 is 0 Å². The molecule has 2 heterocycles. The Bertz CT molecular complexity index is 1280. The fourth-order valence-electron chi connectivity index (χ4n) is 4.69. The van der Waals surface area contributed by atoms with Gasteiger partial charge in [-0.05, 0) is 82.6 Å². The normalized spacial score (nSPS) is 11.1. The SMILES string of the molecule is C.C.CCn1cc[n+](CC)c1N=Nc1ccc(N(C)CCCN(C)c2ccc(N=Nc3n(CC)cc[n+]3CC)cc2)cc1. The summed E-state index contributed by atoms with van der Waals surface area (Å²) in [5, 5.41) is 18.0. The van der Waals surface area contributed by atoms with E-state index in [9.17, 15) is 0 Å². The lowest BCUT2D eigenvalue weighted by atomic mass is 10.2. The summed E-state index contributed by atoms with van der Waals surface area (Å²) in [6.07, 6.45) is 9.21. The molecule has 43 heavy (non-hydrogen) atoms. The lowest BCUT2D eigenvalue weighted by Gasteiger charge is -2.23. The second-order valence-corrected chi connectivity index (χ2v) is 9.97. The van der Waals surface area contributed by atoms with Gasteiger partial charge in [0, 0.05) is 48.8 Å². The smallest absolute Gasteiger partial charge is 0.375 e. The lowest BCUT2D eigenvalue weighted by molar-refractivity contribution is -0.680. The van der Waals surface area contributed by atoms with Crippen LogP contribution in [-0.2, 0) is 26.2 Å². The van der Waals surface area contributed by atoms with Crippen molar-refractivity contribution >= 4 is 34.6 Å². The zero-order chi connectivity index (χ0) is 29.2. The van der Waals surface area contributed by atoms with Crippen molar-refractivity contribution in [1.82, 2.24) is 9.13 Å². The van der Waals surface area contributed by atoms with Crippen LogP contribution >= 0.6 is 0 Å². The standard InChI is InChI=1S/C31H44N10.2CH4/c1-7-38-22-23-39(8-2)30(38)34-32-26-12-16-28(17-13-26)36(5)20-11-21-37(6)29-18-14-27(15-19-29)33-35-31-40(9-3)24-25-41(31)10-4;;/h12-19,22-25H,7-11,20-21H2,1-6H3;2*1H4/q+2;;. The highest BCUT2D eigenvalue weighted by Crippen LogP contribution is 2.23. The number of azo groups is 2. The van der Waals surface area contributed by atoms with E-state index in [4.69, 9.17) is 0 Å². The largest absolute Gasteiger partial charge is 0.421 e. The van der Waals surface area contributed by atoms with Crippen LogP contribution in [0, 0.1) is 0 Å². The number of aromatic nitrogens is 4. The van der Waals surface area contributed by atoms with Gasteiger partial charge >= 0.3 is 11.9 Å². The first-order valence-electron chi connectivity index (χ1n) is 14.6. The maximum atomic E-state index is 4.51. The summed E-state index contributed by atoms with van der Waals surface area (Å²) in [7, 11) is 4.26. The zero-order valence-electron chi connectivity index (χ0n) is 25.4. The Labute approximate surface area is 258 Å². The summed E-state index contributed by atoms with van der Waals surface area (Å²) in [5.74, 6) is 1.73. The van der Waals surface area contributed by atoms with Crippen LogP contribution in [0.3, 0.4) is 0 Å². The van der Waals surface area contributed by atoms with Crippen LogP contribution in [-0.4, -0.2) is 36.3 Å². The second-order valence-electron chi connectivity index (χ2n) is 9.97. The average molecular weight is 589 g/mol. The maximum Gasteiger partial charge on any atom is 0.421 e. The van der Waals surface area contributed by atoms with Crippen LogP contribution in [0.15, 0.2) is 93.8 Å². The fraction of sp³-hybridized carbons (Fsp3) is 0.455. The van der Waals surface area contributed by atoms with E-state index in [0.29, 0.717) is 0 Å². The van der Waals surface area contributed by atoms with Crippen LogP contribution in [0.4, 0.5) is 34.6 Å². The Hall–Kier alpha value is -4.34. The molecule has 0 amide bonds. The van der Waals surface area contributed by atoms with Crippen LogP contribution in [0.25, 0.3) is 0 Å². The van der Waals surface area contributed by atoms with E-state index in [-0.39, 0.29) is 14.9 Å². The van der Waals surface area contributed by atoms with E-state index in [1.165, 1.54) is 11.4 Å². The number of hydrogen-bond donors (Lipinski definition) is 0. The van der Waals surface area contributed by atoms with Gasteiger partial charge in [0.05, 0.1) is 51.0 Å². The van der Waals surface area contributed by atoms with Gasteiger partial charge in [-0.1, -0.05) is 25.1 Å². The summed E-state index contributed by atoms with van der Waals surface area (Å²) in [6, 6.07) is 16.5. The van der Waals surface area contributed by atoms with E-state index < -0.39 is 0 Å². The van der Waals surface area contributed by atoms with E-state index in [2.05, 4.69) is 115 Å². The number of imidazole rings is 2. The Morgan fingerprint density at radius 3 is 1.28 bits per heavy atom. The highest BCUT2D eigenvalue weighted by Gasteiger charge is 2.15. The van der Waals surface area contributed by atoms with Crippen molar-refractivity contribution in [3.8, 4) is 0 Å². The summed E-state index contributed by atoms with van der Waals surface area (Å²) in [6.45, 7) is 13.8. The predicted octanol–water partition coefficient (Wildman–Crippen LogP) is 8.01. The van der Waals surface area contributed by atoms with Crippen molar-refractivity contribution in [2.75, 3.05) is 37.0 Å². The first-order chi connectivity index (χ1) is 20.0. The Kier molecular flexibility index (Phi) is 13.7. The van der Waals surface area contributed by atoms with Crippen molar-refractivity contribution in [2.24, 2.45) is 20.5 Å². The highest BCUT2D eigenvalue weighted by atomic mass is 15.3. The van der Waals surface area contributed by atoms with E-state index in [0.717, 1.165) is 69.0 Å². The lowest BCUT2D eigenvalue weighted by Crippen LogP contribution is -2.30. The van der Waals surface area contributed by atoms with Gasteiger partial charge in [-0.25, -0.2) is 18.3 Å². The average Bonchev–Trinajstić information content (AvgIpc) is 3.61. The van der Waals surface area contributed by atoms with Gasteiger partial charge < -0.3 is 9.80 Å². The molecule has 232 valence electrons. The quantitative estimate of drug-likeness (QED) is 0.111. The van der Waals surface area contributed by atoms with Crippen LogP contribution in [0.2, 0.25) is 0 Å². The Morgan fingerprint density at radius 2 is 0.953 bits per heavy atom.